The first-order valence-electron chi connectivity index (χ1n) is 5.35. The van der Waals surface area contributed by atoms with Crippen molar-refractivity contribution in [2.45, 2.75) is 6.92 Å². The number of anilines is 1. The molecule has 0 spiro atoms. The number of amides is 1. The Labute approximate surface area is 106 Å². The van der Waals surface area contributed by atoms with Crippen molar-refractivity contribution in [1.82, 2.24) is 9.78 Å². The van der Waals surface area contributed by atoms with Crippen molar-refractivity contribution >= 4 is 11.6 Å². The lowest BCUT2D eigenvalue weighted by molar-refractivity contribution is 0.102. The summed E-state index contributed by atoms with van der Waals surface area (Å²) in [5.41, 5.74) is 0.374. The highest BCUT2D eigenvalue weighted by Gasteiger charge is 2.18. The van der Waals surface area contributed by atoms with Gasteiger partial charge in [0.1, 0.15) is 0 Å². The molecule has 1 aromatic carbocycles. The maximum Gasteiger partial charge on any atom is 0.259 e. The lowest BCUT2D eigenvalue weighted by atomic mass is 10.2. The van der Waals surface area contributed by atoms with E-state index >= 15 is 0 Å². The zero-order chi connectivity index (χ0) is 14.2. The second-order valence-electron chi connectivity index (χ2n) is 3.94. The average molecular weight is 269 g/mol. The van der Waals surface area contributed by atoms with E-state index in [1.54, 1.807) is 14.0 Å². The number of nitrogens with one attached hydrogen (secondary N) is 1. The molecule has 4 nitrogen and oxygen atoms in total. The molecule has 2 rings (SSSR count). The summed E-state index contributed by atoms with van der Waals surface area (Å²) in [5.74, 6) is -5.01. The third-order valence-electron chi connectivity index (χ3n) is 2.76. The zero-order valence-corrected chi connectivity index (χ0v) is 10.2. The molecule has 0 aliphatic carbocycles. The molecule has 0 radical (unpaired) electrons. The molecule has 1 N–H and O–H groups in total. The number of benzene rings is 1. The minimum atomic E-state index is -1.62. The summed E-state index contributed by atoms with van der Waals surface area (Å²) in [6.07, 6.45) is 1.31. The topological polar surface area (TPSA) is 46.9 Å². The van der Waals surface area contributed by atoms with Crippen LogP contribution in [-0.4, -0.2) is 15.7 Å². The van der Waals surface area contributed by atoms with Crippen molar-refractivity contribution in [3.8, 4) is 0 Å². The minimum Gasteiger partial charge on any atom is -0.319 e. The van der Waals surface area contributed by atoms with Crippen molar-refractivity contribution in [3.63, 3.8) is 0 Å². The second-order valence-corrected chi connectivity index (χ2v) is 3.94. The van der Waals surface area contributed by atoms with Gasteiger partial charge in [0.2, 0.25) is 0 Å². The van der Waals surface area contributed by atoms with Crippen LogP contribution in [0.1, 0.15) is 16.1 Å². The van der Waals surface area contributed by atoms with E-state index in [0.717, 1.165) is 12.1 Å². The van der Waals surface area contributed by atoms with Gasteiger partial charge in [-0.05, 0) is 19.1 Å². The van der Waals surface area contributed by atoms with Crippen LogP contribution in [-0.2, 0) is 7.05 Å². The summed E-state index contributed by atoms with van der Waals surface area (Å²) in [4.78, 5) is 11.8. The van der Waals surface area contributed by atoms with Gasteiger partial charge in [0.15, 0.2) is 17.5 Å². The van der Waals surface area contributed by atoms with E-state index < -0.39 is 29.0 Å². The van der Waals surface area contributed by atoms with Crippen LogP contribution in [0.5, 0.6) is 0 Å². The van der Waals surface area contributed by atoms with Crippen molar-refractivity contribution in [1.29, 1.82) is 0 Å². The van der Waals surface area contributed by atoms with Gasteiger partial charge in [-0.1, -0.05) is 0 Å². The van der Waals surface area contributed by atoms with Gasteiger partial charge in [0, 0.05) is 12.7 Å². The van der Waals surface area contributed by atoms with Crippen molar-refractivity contribution in [2.24, 2.45) is 7.05 Å². The van der Waals surface area contributed by atoms with Gasteiger partial charge in [-0.2, -0.15) is 5.10 Å². The Balaban J connectivity index is 2.30. The number of carbonyl (C=O) groups excluding carboxylic acids is 1. The normalized spacial score (nSPS) is 10.6. The van der Waals surface area contributed by atoms with Gasteiger partial charge in [0.05, 0.1) is 17.4 Å². The maximum atomic E-state index is 13.4. The first-order chi connectivity index (χ1) is 8.91. The number of aryl methyl sites for hydroxylation is 1. The quantitative estimate of drug-likeness (QED) is 0.851. The molecule has 100 valence electrons. The molecule has 0 atom stereocenters. The molecule has 0 aliphatic heterocycles. The highest BCUT2D eigenvalue weighted by Crippen LogP contribution is 2.20. The molecule has 19 heavy (non-hydrogen) atoms. The predicted molar refractivity (Wildman–Crippen MR) is 62.2 cm³/mol. The van der Waals surface area contributed by atoms with Crippen molar-refractivity contribution in [3.05, 3.63) is 47.0 Å². The Morgan fingerprint density at radius 2 is 1.95 bits per heavy atom. The number of hydrogen-bond acceptors (Lipinski definition) is 2. The van der Waals surface area contributed by atoms with Gasteiger partial charge in [-0.25, -0.2) is 13.2 Å². The van der Waals surface area contributed by atoms with Gasteiger partial charge in [-0.15, -0.1) is 0 Å². The molecule has 2 aromatic rings. The van der Waals surface area contributed by atoms with E-state index in [4.69, 9.17) is 0 Å². The fourth-order valence-electron chi connectivity index (χ4n) is 1.53. The van der Waals surface area contributed by atoms with E-state index in [2.05, 4.69) is 10.4 Å². The highest BCUT2D eigenvalue weighted by atomic mass is 19.2. The number of carbonyl (C=O) groups is 1. The van der Waals surface area contributed by atoms with Crippen LogP contribution in [0.15, 0.2) is 18.3 Å². The van der Waals surface area contributed by atoms with Crippen molar-refractivity contribution < 1.29 is 18.0 Å². The Hall–Kier alpha value is -2.31. The summed E-state index contributed by atoms with van der Waals surface area (Å²) in [5, 5.41) is 6.04. The summed E-state index contributed by atoms with van der Waals surface area (Å²) >= 11 is 0. The Kier molecular flexibility index (Phi) is 3.28. The fourth-order valence-corrected chi connectivity index (χ4v) is 1.53. The lowest BCUT2D eigenvalue weighted by Crippen LogP contribution is -2.14. The molecular formula is C12H10F3N3O. The van der Waals surface area contributed by atoms with E-state index in [1.165, 1.54) is 10.9 Å². The summed E-state index contributed by atoms with van der Waals surface area (Å²) in [6.45, 7) is 1.66. The molecule has 1 aromatic heterocycles. The molecule has 7 heteroatoms. The van der Waals surface area contributed by atoms with Crippen LogP contribution in [0.3, 0.4) is 0 Å². The molecule has 0 unspecified atom stereocenters. The standard InChI is InChI=1S/C12H10F3N3O/c1-6-7(5-16-18(6)2)12(19)17-9-4-3-8(13)10(14)11(9)15/h3-5H,1-2H3,(H,17,19). The van der Waals surface area contributed by atoms with Gasteiger partial charge in [-0.3, -0.25) is 9.48 Å². The van der Waals surface area contributed by atoms with Crippen molar-refractivity contribution in [2.75, 3.05) is 5.32 Å². The molecule has 1 amide bonds. The van der Waals surface area contributed by atoms with E-state index in [1.807, 2.05) is 0 Å². The largest absolute Gasteiger partial charge is 0.319 e. The van der Waals surface area contributed by atoms with E-state index in [9.17, 15) is 18.0 Å². The first-order valence-corrected chi connectivity index (χ1v) is 5.35. The third kappa shape index (κ3) is 2.31. The molecule has 0 saturated carbocycles. The maximum absolute atomic E-state index is 13.4. The molecular weight excluding hydrogens is 259 g/mol. The van der Waals surface area contributed by atoms with Gasteiger partial charge >= 0.3 is 0 Å². The van der Waals surface area contributed by atoms with Crippen LogP contribution in [0, 0.1) is 24.4 Å². The average Bonchev–Trinajstić information content (AvgIpc) is 2.71. The third-order valence-corrected chi connectivity index (χ3v) is 2.76. The molecule has 0 saturated heterocycles. The monoisotopic (exact) mass is 269 g/mol. The Bertz CT molecular complexity index is 652. The van der Waals surface area contributed by atoms with Gasteiger partial charge in [0.25, 0.3) is 5.91 Å². The van der Waals surface area contributed by atoms with Gasteiger partial charge < -0.3 is 5.32 Å². The number of aromatic nitrogens is 2. The zero-order valence-electron chi connectivity index (χ0n) is 10.2. The predicted octanol–water partition coefficient (Wildman–Crippen LogP) is 2.40. The summed E-state index contributed by atoms with van der Waals surface area (Å²) in [6, 6.07) is 1.70. The molecule has 0 fully saturated rings. The second kappa shape index (κ2) is 4.75. The Morgan fingerprint density at radius 3 is 2.53 bits per heavy atom. The number of halogens is 3. The van der Waals surface area contributed by atoms with E-state index in [-0.39, 0.29) is 5.56 Å². The SMILES string of the molecule is Cc1c(C(=O)Nc2ccc(F)c(F)c2F)cnn1C. The molecule has 1 heterocycles. The van der Waals surface area contributed by atoms with Crippen LogP contribution in [0.2, 0.25) is 0 Å². The van der Waals surface area contributed by atoms with Crippen LogP contribution in [0.4, 0.5) is 18.9 Å². The number of rotatable bonds is 2. The first kappa shape index (κ1) is 13.1. The minimum absolute atomic E-state index is 0.228. The smallest absolute Gasteiger partial charge is 0.259 e. The molecule has 0 aliphatic rings. The summed E-state index contributed by atoms with van der Waals surface area (Å²) < 4.78 is 40.6. The Morgan fingerprint density at radius 1 is 1.26 bits per heavy atom. The summed E-state index contributed by atoms with van der Waals surface area (Å²) in [7, 11) is 1.64. The van der Waals surface area contributed by atoms with E-state index in [0.29, 0.717) is 5.69 Å². The number of nitrogens with zero attached hydrogens (tertiary/aromatic N) is 2. The van der Waals surface area contributed by atoms with Crippen LogP contribution in [0.25, 0.3) is 0 Å². The fraction of sp³-hybridized carbons (Fsp3) is 0.167. The van der Waals surface area contributed by atoms with Crippen LogP contribution < -0.4 is 5.32 Å². The number of hydrogen-bond donors (Lipinski definition) is 1. The highest BCUT2D eigenvalue weighted by molar-refractivity contribution is 6.04. The lowest BCUT2D eigenvalue weighted by Gasteiger charge is -2.07. The molecule has 0 bridgehead atoms. The van der Waals surface area contributed by atoms with Crippen LogP contribution >= 0.6 is 0 Å².